The van der Waals surface area contributed by atoms with Gasteiger partial charge >= 0.3 is 0 Å². The zero-order chi connectivity index (χ0) is 13.8. The summed E-state index contributed by atoms with van der Waals surface area (Å²) in [5, 5.41) is 4.47. The average Bonchev–Trinajstić information content (AvgIpc) is 2.87. The molecule has 0 radical (unpaired) electrons. The van der Waals surface area contributed by atoms with Crippen molar-refractivity contribution in [2.45, 2.75) is 13.8 Å². The maximum absolute atomic E-state index is 6.22. The average molecular weight is 319 g/mol. The van der Waals surface area contributed by atoms with Crippen LogP contribution in [0.25, 0.3) is 11.0 Å². The third-order valence-electron chi connectivity index (χ3n) is 3.07. The van der Waals surface area contributed by atoms with Crippen LogP contribution >= 0.6 is 34.9 Å². The Morgan fingerprint density at radius 1 is 1.16 bits per heavy atom. The lowest BCUT2D eigenvalue weighted by Gasteiger charge is -2.18. The first kappa shape index (κ1) is 14.8. The first-order valence-electron chi connectivity index (χ1n) is 6.23. The number of hydrogen-bond donors (Lipinski definition) is 1. The Hall–Kier alpha value is -0.620. The second-order valence-electron chi connectivity index (χ2n) is 4.13. The van der Waals surface area contributed by atoms with E-state index in [4.69, 9.17) is 23.2 Å². The van der Waals surface area contributed by atoms with Crippen LogP contribution in [0, 0.1) is 0 Å². The number of nitrogens with zero attached hydrogens (tertiary/aromatic N) is 3. The molecule has 0 aliphatic heterocycles. The van der Waals surface area contributed by atoms with Crippen molar-refractivity contribution >= 4 is 51.7 Å². The normalized spacial score (nSPS) is 11.4. The van der Waals surface area contributed by atoms with Gasteiger partial charge in [-0.3, -0.25) is 0 Å². The van der Waals surface area contributed by atoms with Gasteiger partial charge in [-0.1, -0.05) is 37.0 Å². The van der Waals surface area contributed by atoms with Gasteiger partial charge < -0.3 is 10.2 Å². The molecule has 0 spiro atoms. The molecule has 0 bridgehead atoms. The molecule has 1 aromatic carbocycles. The predicted octanol–water partition coefficient (Wildman–Crippen LogP) is 3.75. The standard InChI is InChI=1S/C12H16Cl2N4S/c1-3-18(4-2)6-5-15-10-8(13)7-9(14)11-12(10)17-19-16-11/h7,15H,3-6H2,1-2H3. The summed E-state index contributed by atoms with van der Waals surface area (Å²) in [5.74, 6) is 0. The summed E-state index contributed by atoms with van der Waals surface area (Å²) in [6.45, 7) is 8.17. The molecule has 0 atom stereocenters. The molecule has 104 valence electrons. The number of likely N-dealkylation sites (N-methyl/N-ethyl adjacent to an activating group) is 1. The van der Waals surface area contributed by atoms with Crippen molar-refractivity contribution < 1.29 is 0 Å². The Balaban J connectivity index is 2.14. The minimum Gasteiger partial charge on any atom is -0.381 e. The summed E-state index contributed by atoms with van der Waals surface area (Å²) >= 11 is 13.5. The quantitative estimate of drug-likeness (QED) is 0.880. The summed E-state index contributed by atoms with van der Waals surface area (Å²) in [6.07, 6.45) is 0. The lowest BCUT2D eigenvalue weighted by molar-refractivity contribution is 0.316. The van der Waals surface area contributed by atoms with Crippen molar-refractivity contribution in [1.82, 2.24) is 13.6 Å². The van der Waals surface area contributed by atoms with Crippen LogP contribution in [-0.2, 0) is 0 Å². The molecule has 0 saturated heterocycles. The molecule has 1 aromatic heterocycles. The van der Waals surface area contributed by atoms with Gasteiger partial charge in [0, 0.05) is 13.1 Å². The summed E-state index contributed by atoms with van der Waals surface area (Å²) in [4.78, 5) is 2.34. The van der Waals surface area contributed by atoms with E-state index in [9.17, 15) is 0 Å². The lowest BCUT2D eigenvalue weighted by atomic mass is 10.2. The molecule has 0 aliphatic carbocycles. The van der Waals surface area contributed by atoms with Crippen LogP contribution in [-0.4, -0.2) is 39.8 Å². The van der Waals surface area contributed by atoms with Crippen LogP contribution in [0.2, 0.25) is 10.0 Å². The van der Waals surface area contributed by atoms with Crippen LogP contribution in [0.4, 0.5) is 5.69 Å². The summed E-state index contributed by atoms with van der Waals surface area (Å²) in [6, 6.07) is 1.71. The Morgan fingerprint density at radius 2 is 1.84 bits per heavy atom. The van der Waals surface area contributed by atoms with E-state index >= 15 is 0 Å². The maximum atomic E-state index is 6.22. The van der Waals surface area contributed by atoms with Gasteiger partial charge in [0.1, 0.15) is 11.0 Å². The lowest BCUT2D eigenvalue weighted by Crippen LogP contribution is -2.28. The first-order valence-corrected chi connectivity index (χ1v) is 7.72. The second-order valence-corrected chi connectivity index (χ2v) is 5.47. The minimum absolute atomic E-state index is 0.544. The molecule has 2 rings (SSSR count). The molecular formula is C12H16Cl2N4S. The van der Waals surface area contributed by atoms with Gasteiger partial charge in [-0.25, -0.2) is 0 Å². The fraction of sp³-hybridized carbons (Fsp3) is 0.500. The van der Waals surface area contributed by atoms with Gasteiger partial charge in [0.05, 0.1) is 27.5 Å². The van der Waals surface area contributed by atoms with Crippen molar-refractivity contribution in [2.24, 2.45) is 0 Å². The molecule has 19 heavy (non-hydrogen) atoms. The van der Waals surface area contributed by atoms with Gasteiger partial charge in [-0.15, -0.1) is 0 Å². The first-order chi connectivity index (χ1) is 9.17. The van der Waals surface area contributed by atoms with Gasteiger partial charge in [-0.2, -0.15) is 8.75 Å². The van der Waals surface area contributed by atoms with Crippen molar-refractivity contribution in [3.05, 3.63) is 16.1 Å². The molecule has 0 fully saturated rings. The topological polar surface area (TPSA) is 41.0 Å². The van der Waals surface area contributed by atoms with E-state index in [1.165, 1.54) is 0 Å². The number of hydrogen-bond acceptors (Lipinski definition) is 5. The predicted molar refractivity (Wildman–Crippen MR) is 83.7 cm³/mol. The highest BCUT2D eigenvalue weighted by Gasteiger charge is 2.13. The molecule has 0 aliphatic rings. The molecule has 2 aromatic rings. The van der Waals surface area contributed by atoms with Crippen molar-refractivity contribution in [3.8, 4) is 0 Å². The summed E-state index contributed by atoms with van der Waals surface area (Å²) < 4.78 is 8.45. The van der Waals surface area contributed by atoms with E-state index in [1.807, 2.05) is 0 Å². The molecule has 0 saturated carbocycles. The second kappa shape index (κ2) is 6.70. The van der Waals surface area contributed by atoms with Crippen LogP contribution in [0.1, 0.15) is 13.8 Å². The van der Waals surface area contributed by atoms with Crippen molar-refractivity contribution in [2.75, 3.05) is 31.5 Å². The summed E-state index contributed by atoms with van der Waals surface area (Å²) in [7, 11) is 0. The third-order valence-corrected chi connectivity index (χ3v) is 4.18. The molecule has 4 nitrogen and oxygen atoms in total. The van der Waals surface area contributed by atoms with Crippen molar-refractivity contribution in [1.29, 1.82) is 0 Å². The fourth-order valence-electron chi connectivity index (χ4n) is 1.92. The Labute approximate surface area is 127 Å². The number of aromatic nitrogens is 2. The van der Waals surface area contributed by atoms with E-state index in [2.05, 4.69) is 32.8 Å². The zero-order valence-corrected chi connectivity index (χ0v) is 13.2. The third kappa shape index (κ3) is 3.28. The van der Waals surface area contributed by atoms with Gasteiger partial charge in [0.25, 0.3) is 0 Å². The number of rotatable bonds is 6. The molecule has 1 heterocycles. The molecule has 7 heteroatoms. The van der Waals surface area contributed by atoms with E-state index in [0.29, 0.717) is 15.6 Å². The van der Waals surface area contributed by atoms with Crippen LogP contribution in [0.5, 0.6) is 0 Å². The number of benzene rings is 1. The Bertz CT molecular complexity index is 554. The van der Waals surface area contributed by atoms with Crippen LogP contribution < -0.4 is 5.32 Å². The fourth-order valence-corrected chi connectivity index (χ4v) is 3.10. The molecule has 1 N–H and O–H groups in total. The Kier molecular flexibility index (Phi) is 5.21. The number of fused-ring (bicyclic) bond motifs is 1. The highest BCUT2D eigenvalue weighted by Crippen LogP contribution is 2.34. The summed E-state index contributed by atoms with van der Waals surface area (Å²) in [5.41, 5.74) is 2.28. The minimum atomic E-state index is 0.544. The van der Waals surface area contributed by atoms with Crippen molar-refractivity contribution in [3.63, 3.8) is 0 Å². The smallest absolute Gasteiger partial charge is 0.130 e. The van der Waals surface area contributed by atoms with Gasteiger partial charge in [0.15, 0.2) is 0 Å². The molecule has 0 amide bonds. The molecular weight excluding hydrogens is 303 g/mol. The van der Waals surface area contributed by atoms with E-state index < -0.39 is 0 Å². The molecule has 0 unspecified atom stereocenters. The zero-order valence-electron chi connectivity index (χ0n) is 10.9. The van der Waals surface area contributed by atoms with Gasteiger partial charge in [-0.05, 0) is 19.2 Å². The van der Waals surface area contributed by atoms with E-state index in [1.54, 1.807) is 6.07 Å². The number of anilines is 1. The van der Waals surface area contributed by atoms with Gasteiger partial charge in [0.2, 0.25) is 0 Å². The highest BCUT2D eigenvalue weighted by molar-refractivity contribution is 7.00. The van der Waals surface area contributed by atoms with Crippen LogP contribution in [0.3, 0.4) is 0 Å². The highest BCUT2D eigenvalue weighted by atomic mass is 35.5. The van der Waals surface area contributed by atoms with E-state index in [-0.39, 0.29) is 0 Å². The van der Waals surface area contributed by atoms with Crippen LogP contribution in [0.15, 0.2) is 6.07 Å². The SMILES string of the molecule is CCN(CC)CCNc1c(Cl)cc(Cl)c2nsnc12. The number of halogens is 2. The number of nitrogens with one attached hydrogen (secondary N) is 1. The maximum Gasteiger partial charge on any atom is 0.130 e. The van der Waals surface area contributed by atoms with E-state index in [0.717, 1.165) is 49.1 Å². The monoisotopic (exact) mass is 318 g/mol. The largest absolute Gasteiger partial charge is 0.381 e. The Morgan fingerprint density at radius 3 is 2.53 bits per heavy atom.